The normalized spacial score (nSPS) is 17.2. The first-order valence-corrected chi connectivity index (χ1v) is 6.80. The molecule has 1 N–H and O–H groups in total. The van der Waals surface area contributed by atoms with Gasteiger partial charge in [0.1, 0.15) is 5.82 Å². The van der Waals surface area contributed by atoms with Crippen LogP contribution in [-0.2, 0) is 6.54 Å². The van der Waals surface area contributed by atoms with Crippen LogP contribution < -0.4 is 5.32 Å². The van der Waals surface area contributed by atoms with E-state index in [1.165, 1.54) is 19.0 Å². The predicted octanol–water partition coefficient (Wildman–Crippen LogP) is 2.46. The van der Waals surface area contributed by atoms with Crippen LogP contribution in [0.15, 0.2) is 18.5 Å². The molecule has 0 aliphatic carbocycles. The van der Waals surface area contributed by atoms with Gasteiger partial charge in [-0.2, -0.15) is 0 Å². The summed E-state index contributed by atoms with van der Waals surface area (Å²) in [4.78, 5) is 6.28. The average molecular weight is 288 g/mol. The lowest BCUT2D eigenvalue weighted by Crippen LogP contribution is -2.36. The van der Waals surface area contributed by atoms with Gasteiger partial charge in [-0.15, -0.1) is 12.4 Å². The summed E-state index contributed by atoms with van der Waals surface area (Å²) in [6.45, 7) is 7.35. The molecule has 2 rings (SSSR count). The van der Waals surface area contributed by atoms with Gasteiger partial charge in [0, 0.05) is 12.7 Å². The van der Waals surface area contributed by atoms with Crippen LogP contribution >= 0.6 is 12.4 Å². The van der Waals surface area contributed by atoms with Gasteiger partial charge in [0.15, 0.2) is 0 Å². The molecule has 0 saturated carbocycles. The van der Waals surface area contributed by atoms with E-state index in [-0.39, 0.29) is 18.2 Å². The second-order valence-corrected chi connectivity index (χ2v) is 5.04. The molecule has 0 aromatic carbocycles. The van der Waals surface area contributed by atoms with Gasteiger partial charge in [0.05, 0.1) is 6.20 Å². The van der Waals surface area contributed by atoms with Gasteiger partial charge in [-0.3, -0.25) is 9.88 Å². The Hall–Kier alpha value is -0.710. The zero-order chi connectivity index (χ0) is 12.8. The zero-order valence-corrected chi connectivity index (χ0v) is 12.3. The SMILES string of the molecule is CCNCC1CCN(Cc2cncc(F)c2)CC1.Cl. The van der Waals surface area contributed by atoms with Gasteiger partial charge in [-0.1, -0.05) is 6.92 Å². The highest BCUT2D eigenvalue weighted by Gasteiger charge is 2.18. The molecule has 0 spiro atoms. The molecule has 1 aromatic heterocycles. The predicted molar refractivity (Wildman–Crippen MR) is 78.0 cm³/mol. The fourth-order valence-corrected chi connectivity index (χ4v) is 2.50. The lowest BCUT2D eigenvalue weighted by Gasteiger charge is -2.32. The smallest absolute Gasteiger partial charge is 0.141 e. The van der Waals surface area contributed by atoms with E-state index in [0.717, 1.165) is 44.2 Å². The van der Waals surface area contributed by atoms with Gasteiger partial charge in [-0.05, 0) is 56.6 Å². The van der Waals surface area contributed by atoms with Crippen molar-refractivity contribution < 1.29 is 4.39 Å². The molecule has 0 amide bonds. The topological polar surface area (TPSA) is 28.2 Å². The van der Waals surface area contributed by atoms with Crippen molar-refractivity contribution in [1.29, 1.82) is 0 Å². The summed E-state index contributed by atoms with van der Waals surface area (Å²) in [6.07, 6.45) is 5.48. The molecule has 1 aliphatic heterocycles. The summed E-state index contributed by atoms with van der Waals surface area (Å²) in [5, 5.41) is 3.41. The van der Waals surface area contributed by atoms with Crippen LogP contribution in [0.2, 0.25) is 0 Å². The van der Waals surface area contributed by atoms with Crippen molar-refractivity contribution in [3.05, 3.63) is 29.8 Å². The third-order valence-electron chi connectivity index (χ3n) is 3.56. The quantitative estimate of drug-likeness (QED) is 0.902. The fraction of sp³-hybridized carbons (Fsp3) is 0.643. The standard InChI is InChI=1S/C14H22FN3.ClH/c1-2-16-8-12-3-5-18(6-4-12)11-13-7-14(15)10-17-9-13;/h7,9-10,12,16H,2-6,8,11H2,1H3;1H. The van der Waals surface area contributed by atoms with Crippen LogP contribution in [0.25, 0.3) is 0 Å². The number of pyridine rings is 1. The van der Waals surface area contributed by atoms with Gasteiger partial charge < -0.3 is 5.32 Å². The van der Waals surface area contributed by atoms with Crippen molar-refractivity contribution in [2.45, 2.75) is 26.3 Å². The summed E-state index contributed by atoms with van der Waals surface area (Å²) < 4.78 is 13.0. The third-order valence-corrected chi connectivity index (χ3v) is 3.56. The highest BCUT2D eigenvalue weighted by atomic mass is 35.5. The monoisotopic (exact) mass is 287 g/mol. The van der Waals surface area contributed by atoms with E-state index in [9.17, 15) is 4.39 Å². The first kappa shape index (κ1) is 16.3. The molecular formula is C14H23ClFN3. The van der Waals surface area contributed by atoms with Crippen molar-refractivity contribution in [3.63, 3.8) is 0 Å². The maximum Gasteiger partial charge on any atom is 0.141 e. The van der Waals surface area contributed by atoms with Crippen molar-refractivity contribution in [2.24, 2.45) is 5.92 Å². The minimum Gasteiger partial charge on any atom is -0.317 e. The van der Waals surface area contributed by atoms with Crippen LogP contribution in [0.4, 0.5) is 4.39 Å². The van der Waals surface area contributed by atoms with Gasteiger partial charge in [-0.25, -0.2) is 4.39 Å². The van der Waals surface area contributed by atoms with E-state index in [1.807, 2.05) is 0 Å². The molecule has 2 heterocycles. The third kappa shape index (κ3) is 5.43. The fourth-order valence-electron chi connectivity index (χ4n) is 2.50. The molecular weight excluding hydrogens is 265 g/mol. The van der Waals surface area contributed by atoms with Crippen LogP contribution in [-0.4, -0.2) is 36.1 Å². The first-order chi connectivity index (χ1) is 8.78. The van der Waals surface area contributed by atoms with E-state index >= 15 is 0 Å². The molecule has 108 valence electrons. The summed E-state index contributed by atoms with van der Waals surface area (Å²) in [7, 11) is 0. The lowest BCUT2D eigenvalue weighted by atomic mass is 9.96. The molecule has 3 nitrogen and oxygen atoms in total. The molecule has 19 heavy (non-hydrogen) atoms. The van der Waals surface area contributed by atoms with E-state index < -0.39 is 0 Å². The molecule has 5 heteroatoms. The van der Waals surface area contributed by atoms with Crippen LogP contribution in [0.3, 0.4) is 0 Å². The Morgan fingerprint density at radius 1 is 1.37 bits per heavy atom. The Kier molecular flexibility index (Phi) is 7.28. The zero-order valence-electron chi connectivity index (χ0n) is 11.4. The summed E-state index contributed by atoms with van der Waals surface area (Å²) in [6, 6.07) is 1.58. The Bertz CT molecular complexity index is 367. The Morgan fingerprint density at radius 3 is 2.74 bits per heavy atom. The number of nitrogens with zero attached hydrogens (tertiary/aromatic N) is 2. The number of halogens is 2. The molecule has 0 bridgehead atoms. The highest BCUT2D eigenvalue weighted by molar-refractivity contribution is 5.85. The van der Waals surface area contributed by atoms with Crippen molar-refractivity contribution in [3.8, 4) is 0 Å². The first-order valence-electron chi connectivity index (χ1n) is 6.80. The average Bonchev–Trinajstić information content (AvgIpc) is 2.38. The lowest BCUT2D eigenvalue weighted by molar-refractivity contribution is 0.175. The van der Waals surface area contributed by atoms with Crippen molar-refractivity contribution >= 4 is 12.4 Å². The van der Waals surface area contributed by atoms with E-state index in [4.69, 9.17) is 0 Å². The number of piperidine rings is 1. The number of aromatic nitrogens is 1. The molecule has 0 atom stereocenters. The van der Waals surface area contributed by atoms with Gasteiger partial charge in [0.2, 0.25) is 0 Å². The largest absolute Gasteiger partial charge is 0.317 e. The second kappa shape index (κ2) is 8.46. The van der Waals surface area contributed by atoms with Crippen molar-refractivity contribution in [2.75, 3.05) is 26.2 Å². The maximum absolute atomic E-state index is 13.0. The maximum atomic E-state index is 13.0. The minimum atomic E-state index is -0.241. The van der Waals surface area contributed by atoms with E-state index in [1.54, 1.807) is 12.3 Å². The second-order valence-electron chi connectivity index (χ2n) is 5.04. The summed E-state index contributed by atoms with van der Waals surface area (Å²) in [5.41, 5.74) is 0.972. The number of rotatable bonds is 5. The van der Waals surface area contributed by atoms with Gasteiger partial charge >= 0.3 is 0 Å². The molecule has 1 fully saturated rings. The van der Waals surface area contributed by atoms with E-state index in [2.05, 4.69) is 22.1 Å². The molecule has 1 aliphatic rings. The van der Waals surface area contributed by atoms with Crippen LogP contribution in [0, 0.1) is 11.7 Å². The van der Waals surface area contributed by atoms with Gasteiger partial charge in [0.25, 0.3) is 0 Å². The Labute approximate surface area is 121 Å². The number of likely N-dealkylation sites (tertiary alicyclic amines) is 1. The molecule has 0 radical (unpaired) electrons. The van der Waals surface area contributed by atoms with E-state index in [0.29, 0.717) is 0 Å². The minimum absolute atomic E-state index is 0. The summed E-state index contributed by atoms with van der Waals surface area (Å²) in [5.74, 6) is 0.557. The number of hydrogen-bond acceptors (Lipinski definition) is 3. The number of nitrogens with one attached hydrogen (secondary N) is 1. The van der Waals surface area contributed by atoms with Crippen LogP contribution in [0.1, 0.15) is 25.3 Å². The van der Waals surface area contributed by atoms with Crippen LogP contribution in [0.5, 0.6) is 0 Å². The highest BCUT2D eigenvalue weighted by Crippen LogP contribution is 2.18. The molecule has 1 saturated heterocycles. The molecule has 1 aromatic rings. The molecule has 0 unspecified atom stereocenters. The Balaban J connectivity index is 0.00000180. The Morgan fingerprint density at radius 2 is 2.11 bits per heavy atom. The number of hydrogen-bond donors (Lipinski definition) is 1. The summed E-state index contributed by atoms with van der Waals surface area (Å²) >= 11 is 0. The van der Waals surface area contributed by atoms with Crippen molar-refractivity contribution in [1.82, 2.24) is 15.2 Å².